The molecule has 2 nitrogen and oxygen atoms in total. The first-order valence-corrected chi connectivity index (χ1v) is 5.61. The van der Waals surface area contributed by atoms with Crippen molar-refractivity contribution in [2.75, 3.05) is 5.33 Å². The van der Waals surface area contributed by atoms with Crippen molar-refractivity contribution < 1.29 is 9.53 Å². The average molecular weight is 257 g/mol. The van der Waals surface area contributed by atoms with Gasteiger partial charge in [0, 0.05) is 18.7 Å². The van der Waals surface area contributed by atoms with Crippen LogP contribution in [0.15, 0.2) is 30.3 Å². The van der Waals surface area contributed by atoms with Crippen molar-refractivity contribution in [1.29, 1.82) is 0 Å². The lowest BCUT2D eigenvalue weighted by molar-refractivity contribution is -0.145. The standard InChI is InChI=1S/C11H13BrO2/c1-9(13)14-11(8-12)7-10-5-3-2-4-6-10/h2-6,11H,7-8H2,1H3. The third-order valence-corrected chi connectivity index (χ3v) is 2.53. The highest BCUT2D eigenvalue weighted by Crippen LogP contribution is 2.08. The van der Waals surface area contributed by atoms with Crippen LogP contribution in [0.1, 0.15) is 12.5 Å². The lowest BCUT2D eigenvalue weighted by atomic mass is 10.1. The molecular formula is C11H13BrO2. The number of rotatable bonds is 4. The first kappa shape index (κ1) is 11.2. The number of carbonyl (C=O) groups is 1. The van der Waals surface area contributed by atoms with E-state index in [0.717, 1.165) is 6.42 Å². The van der Waals surface area contributed by atoms with Gasteiger partial charge in [0.15, 0.2) is 0 Å². The Balaban J connectivity index is 2.53. The van der Waals surface area contributed by atoms with Crippen molar-refractivity contribution >= 4 is 21.9 Å². The summed E-state index contributed by atoms with van der Waals surface area (Å²) in [6.07, 6.45) is 0.681. The van der Waals surface area contributed by atoms with E-state index < -0.39 is 0 Å². The summed E-state index contributed by atoms with van der Waals surface area (Å²) in [4.78, 5) is 10.8. The molecule has 0 aromatic heterocycles. The van der Waals surface area contributed by atoms with Crippen LogP contribution < -0.4 is 0 Å². The van der Waals surface area contributed by atoms with Crippen molar-refractivity contribution in [1.82, 2.24) is 0 Å². The van der Waals surface area contributed by atoms with Gasteiger partial charge in [-0.15, -0.1) is 0 Å². The van der Waals surface area contributed by atoms with Crippen LogP contribution in [0.2, 0.25) is 0 Å². The zero-order chi connectivity index (χ0) is 10.4. The number of hydrogen-bond acceptors (Lipinski definition) is 2. The van der Waals surface area contributed by atoms with E-state index in [-0.39, 0.29) is 12.1 Å². The van der Waals surface area contributed by atoms with E-state index in [0.29, 0.717) is 5.33 Å². The number of esters is 1. The van der Waals surface area contributed by atoms with Gasteiger partial charge in [-0.25, -0.2) is 0 Å². The fraction of sp³-hybridized carbons (Fsp3) is 0.364. The zero-order valence-corrected chi connectivity index (χ0v) is 9.66. The van der Waals surface area contributed by atoms with Crippen molar-refractivity contribution in [3.63, 3.8) is 0 Å². The molecule has 0 heterocycles. The molecule has 0 saturated carbocycles. The average Bonchev–Trinajstić information content (AvgIpc) is 2.17. The van der Waals surface area contributed by atoms with Crippen LogP contribution in [0.5, 0.6) is 0 Å². The molecule has 1 atom stereocenters. The Morgan fingerprint density at radius 1 is 1.43 bits per heavy atom. The number of halogens is 1. The van der Waals surface area contributed by atoms with E-state index in [4.69, 9.17) is 4.74 Å². The summed E-state index contributed by atoms with van der Waals surface area (Å²) in [5.41, 5.74) is 1.18. The van der Waals surface area contributed by atoms with Crippen LogP contribution in [0.3, 0.4) is 0 Å². The predicted molar refractivity (Wildman–Crippen MR) is 59.5 cm³/mol. The highest BCUT2D eigenvalue weighted by Gasteiger charge is 2.10. The molecule has 0 N–H and O–H groups in total. The predicted octanol–water partition coefficient (Wildman–Crippen LogP) is 2.56. The Labute approximate surface area is 92.4 Å². The van der Waals surface area contributed by atoms with Gasteiger partial charge in [-0.1, -0.05) is 46.3 Å². The molecule has 1 rings (SSSR count). The van der Waals surface area contributed by atoms with Crippen molar-refractivity contribution in [3.8, 4) is 0 Å². The van der Waals surface area contributed by atoms with Crippen LogP contribution in [0.4, 0.5) is 0 Å². The molecule has 0 saturated heterocycles. The Hall–Kier alpha value is -0.830. The molecule has 1 aromatic carbocycles. The molecule has 1 unspecified atom stereocenters. The molecule has 0 spiro atoms. The van der Waals surface area contributed by atoms with Crippen molar-refractivity contribution in [2.24, 2.45) is 0 Å². The Morgan fingerprint density at radius 3 is 2.57 bits per heavy atom. The first-order chi connectivity index (χ1) is 6.72. The summed E-state index contributed by atoms with van der Waals surface area (Å²) < 4.78 is 5.12. The van der Waals surface area contributed by atoms with E-state index in [1.54, 1.807) is 0 Å². The minimum Gasteiger partial charge on any atom is -0.461 e. The second-order valence-corrected chi connectivity index (χ2v) is 3.72. The molecule has 0 bridgehead atoms. The molecule has 0 aliphatic rings. The van der Waals surface area contributed by atoms with E-state index in [1.165, 1.54) is 12.5 Å². The quantitative estimate of drug-likeness (QED) is 0.612. The lowest BCUT2D eigenvalue weighted by Crippen LogP contribution is -2.20. The molecule has 0 radical (unpaired) electrons. The van der Waals surface area contributed by atoms with Gasteiger partial charge in [-0.2, -0.15) is 0 Å². The maximum atomic E-state index is 10.8. The summed E-state index contributed by atoms with van der Waals surface area (Å²) in [6, 6.07) is 9.99. The van der Waals surface area contributed by atoms with Crippen molar-refractivity contribution in [2.45, 2.75) is 19.4 Å². The minimum atomic E-state index is -0.231. The highest BCUT2D eigenvalue weighted by atomic mass is 79.9. The van der Waals surface area contributed by atoms with Gasteiger partial charge in [0.1, 0.15) is 6.10 Å². The summed E-state index contributed by atoms with van der Waals surface area (Å²) >= 11 is 3.32. The molecular weight excluding hydrogens is 244 g/mol. The van der Waals surface area contributed by atoms with Crippen molar-refractivity contribution in [3.05, 3.63) is 35.9 Å². The second-order valence-electron chi connectivity index (χ2n) is 3.08. The molecule has 0 aliphatic heterocycles. The van der Waals surface area contributed by atoms with Gasteiger partial charge in [0.2, 0.25) is 0 Å². The van der Waals surface area contributed by atoms with E-state index in [9.17, 15) is 4.79 Å². The minimum absolute atomic E-state index is 0.0742. The Morgan fingerprint density at radius 2 is 2.07 bits per heavy atom. The van der Waals surface area contributed by atoms with Gasteiger partial charge in [0.25, 0.3) is 0 Å². The third kappa shape index (κ3) is 3.92. The molecule has 0 aliphatic carbocycles. The van der Waals surface area contributed by atoms with E-state index >= 15 is 0 Å². The number of alkyl halides is 1. The van der Waals surface area contributed by atoms with E-state index in [1.807, 2.05) is 30.3 Å². The summed E-state index contributed by atoms with van der Waals surface area (Å²) in [6.45, 7) is 1.43. The smallest absolute Gasteiger partial charge is 0.302 e. The molecule has 0 fully saturated rings. The molecule has 14 heavy (non-hydrogen) atoms. The van der Waals surface area contributed by atoms with Gasteiger partial charge < -0.3 is 4.74 Å². The fourth-order valence-corrected chi connectivity index (χ4v) is 1.60. The normalized spacial score (nSPS) is 12.1. The van der Waals surface area contributed by atoms with Crippen LogP contribution in [-0.4, -0.2) is 17.4 Å². The maximum absolute atomic E-state index is 10.8. The van der Waals surface area contributed by atoms with Gasteiger partial charge in [-0.05, 0) is 5.56 Å². The van der Waals surface area contributed by atoms with Crippen LogP contribution in [0.25, 0.3) is 0 Å². The maximum Gasteiger partial charge on any atom is 0.302 e. The van der Waals surface area contributed by atoms with E-state index in [2.05, 4.69) is 15.9 Å². The lowest BCUT2D eigenvalue weighted by Gasteiger charge is -2.13. The molecule has 76 valence electrons. The van der Waals surface area contributed by atoms with Crippen LogP contribution in [-0.2, 0) is 16.0 Å². The first-order valence-electron chi connectivity index (χ1n) is 4.49. The van der Waals surface area contributed by atoms with Gasteiger partial charge >= 0.3 is 5.97 Å². The number of ether oxygens (including phenoxy) is 1. The third-order valence-electron chi connectivity index (χ3n) is 1.81. The number of benzene rings is 1. The highest BCUT2D eigenvalue weighted by molar-refractivity contribution is 9.09. The number of hydrogen-bond donors (Lipinski definition) is 0. The largest absolute Gasteiger partial charge is 0.461 e. The summed E-state index contributed by atoms with van der Waals surface area (Å²) in [5.74, 6) is -0.231. The summed E-state index contributed by atoms with van der Waals surface area (Å²) in [5, 5.41) is 0.668. The topological polar surface area (TPSA) is 26.3 Å². The second kappa shape index (κ2) is 5.81. The van der Waals surface area contributed by atoms with Gasteiger partial charge in [-0.3, -0.25) is 4.79 Å². The summed E-state index contributed by atoms with van der Waals surface area (Å²) in [7, 11) is 0. The zero-order valence-electron chi connectivity index (χ0n) is 8.07. The molecule has 3 heteroatoms. The fourth-order valence-electron chi connectivity index (χ4n) is 1.24. The Bertz CT molecular complexity index is 285. The molecule has 0 amide bonds. The Kier molecular flexibility index (Phi) is 4.66. The van der Waals surface area contributed by atoms with Gasteiger partial charge in [0.05, 0.1) is 0 Å². The van der Waals surface area contributed by atoms with Crippen LogP contribution in [0, 0.1) is 0 Å². The monoisotopic (exact) mass is 256 g/mol. The molecule has 1 aromatic rings. The SMILES string of the molecule is CC(=O)OC(CBr)Cc1ccccc1. The van der Waals surface area contributed by atoms with Crippen LogP contribution >= 0.6 is 15.9 Å². The number of carbonyl (C=O) groups excluding carboxylic acids is 1.